The topological polar surface area (TPSA) is 12.0 Å². The Labute approximate surface area is 131 Å². The molecular weight excluding hydrogens is 310 g/mol. The van der Waals surface area contributed by atoms with Crippen molar-refractivity contribution in [3.05, 3.63) is 39.9 Å². The van der Waals surface area contributed by atoms with Crippen LogP contribution in [-0.4, -0.2) is 12.6 Å². The highest BCUT2D eigenvalue weighted by Crippen LogP contribution is 2.32. The summed E-state index contributed by atoms with van der Waals surface area (Å²) in [7, 11) is 0. The van der Waals surface area contributed by atoms with Crippen LogP contribution in [0.25, 0.3) is 6.08 Å². The van der Waals surface area contributed by atoms with Gasteiger partial charge in [0.1, 0.15) is 0 Å². The van der Waals surface area contributed by atoms with Gasteiger partial charge in [0.25, 0.3) is 0 Å². The average Bonchev–Trinajstić information content (AvgIpc) is 3.30. The van der Waals surface area contributed by atoms with Gasteiger partial charge in [0.05, 0.1) is 0 Å². The van der Waals surface area contributed by atoms with E-state index in [1.165, 1.54) is 55.0 Å². The third-order valence-electron chi connectivity index (χ3n) is 4.55. The van der Waals surface area contributed by atoms with Gasteiger partial charge in [0.15, 0.2) is 0 Å². The SMILES string of the molecule is Brc1ccccc1/C=C(/CNC1CC1)C1CCCCC1. The largest absolute Gasteiger partial charge is 0.310 e. The average molecular weight is 334 g/mol. The molecule has 0 atom stereocenters. The first kappa shape index (κ1) is 14.3. The predicted octanol–water partition coefficient (Wildman–Crippen LogP) is 5.16. The van der Waals surface area contributed by atoms with E-state index in [4.69, 9.17) is 0 Å². The molecule has 1 aromatic rings. The lowest BCUT2D eigenvalue weighted by molar-refractivity contribution is 0.396. The third kappa shape index (κ3) is 3.95. The first-order valence-corrected chi connectivity index (χ1v) is 8.80. The number of hydrogen-bond acceptors (Lipinski definition) is 1. The normalized spacial score (nSPS) is 21.1. The smallest absolute Gasteiger partial charge is 0.0247 e. The Bertz CT molecular complexity index is 470. The molecule has 20 heavy (non-hydrogen) atoms. The second-order valence-electron chi connectivity index (χ2n) is 6.23. The molecule has 0 aromatic heterocycles. The van der Waals surface area contributed by atoms with Crippen LogP contribution in [0.2, 0.25) is 0 Å². The quantitative estimate of drug-likeness (QED) is 0.784. The summed E-state index contributed by atoms with van der Waals surface area (Å²) in [4.78, 5) is 0. The van der Waals surface area contributed by atoms with Crippen LogP contribution in [-0.2, 0) is 0 Å². The molecule has 2 heteroatoms. The van der Waals surface area contributed by atoms with E-state index in [9.17, 15) is 0 Å². The minimum atomic E-state index is 0.793. The number of halogens is 1. The fourth-order valence-corrected chi connectivity index (χ4v) is 3.53. The van der Waals surface area contributed by atoms with E-state index in [-0.39, 0.29) is 0 Å². The molecule has 1 N–H and O–H groups in total. The zero-order valence-corrected chi connectivity index (χ0v) is 13.7. The lowest BCUT2D eigenvalue weighted by atomic mass is 9.83. The Balaban J connectivity index is 1.77. The third-order valence-corrected chi connectivity index (χ3v) is 5.27. The lowest BCUT2D eigenvalue weighted by Crippen LogP contribution is -2.24. The molecule has 108 valence electrons. The van der Waals surface area contributed by atoms with Crippen molar-refractivity contribution in [3.63, 3.8) is 0 Å². The van der Waals surface area contributed by atoms with Gasteiger partial charge in [-0.15, -0.1) is 0 Å². The van der Waals surface area contributed by atoms with Gasteiger partial charge in [0, 0.05) is 17.1 Å². The maximum Gasteiger partial charge on any atom is 0.0247 e. The van der Waals surface area contributed by atoms with Crippen LogP contribution in [0.1, 0.15) is 50.5 Å². The van der Waals surface area contributed by atoms with Crippen molar-refractivity contribution in [1.29, 1.82) is 0 Å². The molecule has 0 unspecified atom stereocenters. The fourth-order valence-electron chi connectivity index (χ4n) is 3.13. The second-order valence-corrected chi connectivity index (χ2v) is 7.09. The van der Waals surface area contributed by atoms with E-state index >= 15 is 0 Å². The van der Waals surface area contributed by atoms with Gasteiger partial charge in [-0.3, -0.25) is 0 Å². The monoisotopic (exact) mass is 333 g/mol. The summed E-state index contributed by atoms with van der Waals surface area (Å²) >= 11 is 3.68. The van der Waals surface area contributed by atoms with Crippen molar-refractivity contribution in [2.75, 3.05) is 6.54 Å². The summed E-state index contributed by atoms with van der Waals surface area (Å²) in [6.07, 6.45) is 12.2. The Morgan fingerprint density at radius 1 is 1.10 bits per heavy atom. The maximum absolute atomic E-state index is 3.71. The molecular formula is C18H24BrN. The summed E-state index contributed by atoms with van der Waals surface area (Å²) in [5.74, 6) is 0.794. The van der Waals surface area contributed by atoms with Crippen molar-refractivity contribution in [1.82, 2.24) is 5.32 Å². The van der Waals surface area contributed by atoms with E-state index in [0.717, 1.165) is 18.5 Å². The predicted molar refractivity (Wildman–Crippen MR) is 89.7 cm³/mol. The van der Waals surface area contributed by atoms with Gasteiger partial charge in [-0.05, 0) is 43.2 Å². The molecule has 3 rings (SSSR count). The standard InChI is InChI=1S/C18H24BrN/c19-18-9-5-4-8-15(18)12-16(13-20-17-10-11-17)14-6-2-1-3-7-14/h4-5,8-9,12,14,17,20H,1-3,6-7,10-11,13H2/b16-12-. The van der Waals surface area contributed by atoms with Crippen molar-refractivity contribution in [2.24, 2.45) is 5.92 Å². The maximum atomic E-state index is 3.71. The van der Waals surface area contributed by atoms with Crippen LogP contribution in [0.15, 0.2) is 34.3 Å². The molecule has 1 nitrogen and oxygen atoms in total. The van der Waals surface area contributed by atoms with Gasteiger partial charge in [0.2, 0.25) is 0 Å². The van der Waals surface area contributed by atoms with Gasteiger partial charge in [-0.25, -0.2) is 0 Å². The summed E-state index contributed by atoms with van der Waals surface area (Å²) in [6, 6.07) is 9.36. The van der Waals surface area contributed by atoms with Crippen LogP contribution in [0, 0.1) is 5.92 Å². The Kier molecular flexibility index (Phi) is 4.95. The summed E-state index contributed by atoms with van der Waals surface area (Å²) in [5.41, 5.74) is 2.94. The van der Waals surface area contributed by atoms with Crippen molar-refractivity contribution in [2.45, 2.75) is 51.0 Å². The van der Waals surface area contributed by atoms with Crippen LogP contribution in [0.4, 0.5) is 0 Å². The van der Waals surface area contributed by atoms with E-state index in [1.807, 2.05) is 0 Å². The zero-order chi connectivity index (χ0) is 13.8. The lowest BCUT2D eigenvalue weighted by Gasteiger charge is -2.25. The molecule has 0 saturated heterocycles. The molecule has 0 bridgehead atoms. The Morgan fingerprint density at radius 2 is 1.85 bits per heavy atom. The second kappa shape index (κ2) is 6.91. The number of hydrogen-bond donors (Lipinski definition) is 1. The summed E-state index contributed by atoms with van der Waals surface area (Å²) < 4.78 is 1.21. The molecule has 0 spiro atoms. The molecule has 0 radical (unpaired) electrons. The molecule has 2 saturated carbocycles. The summed E-state index contributed by atoms with van der Waals surface area (Å²) in [6.45, 7) is 1.08. The van der Waals surface area contributed by atoms with Crippen molar-refractivity contribution < 1.29 is 0 Å². The Hall–Kier alpha value is -0.600. The van der Waals surface area contributed by atoms with Crippen LogP contribution in [0.5, 0.6) is 0 Å². The van der Waals surface area contributed by atoms with Crippen molar-refractivity contribution >= 4 is 22.0 Å². The van der Waals surface area contributed by atoms with E-state index in [0.29, 0.717) is 0 Å². The van der Waals surface area contributed by atoms with Crippen molar-refractivity contribution in [3.8, 4) is 0 Å². The molecule has 1 aromatic carbocycles. The minimum Gasteiger partial charge on any atom is -0.310 e. The van der Waals surface area contributed by atoms with E-state index < -0.39 is 0 Å². The molecule has 0 aliphatic heterocycles. The van der Waals surface area contributed by atoms with Gasteiger partial charge in [-0.1, -0.05) is 65.0 Å². The summed E-state index contributed by atoms with van der Waals surface area (Å²) in [5, 5.41) is 3.71. The van der Waals surface area contributed by atoms with Crippen LogP contribution < -0.4 is 5.32 Å². The molecule has 2 fully saturated rings. The zero-order valence-electron chi connectivity index (χ0n) is 12.1. The molecule has 2 aliphatic carbocycles. The van der Waals surface area contributed by atoms with Crippen LogP contribution in [0.3, 0.4) is 0 Å². The first-order valence-electron chi connectivity index (χ1n) is 8.01. The number of benzene rings is 1. The minimum absolute atomic E-state index is 0.793. The van der Waals surface area contributed by atoms with Gasteiger partial charge >= 0.3 is 0 Å². The number of rotatable bonds is 5. The molecule has 0 heterocycles. The van der Waals surface area contributed by atoms with Crippen LogP contribution >= 0.6 is 15.9 Å². The number of nitrogens with one attached hydrogen (secondary N) is 1. The highest BCUT2D eigenvalue weighted by molar-refractivity contribution is 9.10. The highest BCUT2D eigenvalue weighted by atomic mass is 79.9. The Morgan fingerprint density at radius 3 is 2.55 bits per heavy atom. The van der Waals surface area contributed by atoms with E-state index in [2.05, 4.69) is 51.6 Å². The highest BCUT2D eigenvalue weighted by Gasteiger charge is 2.23. The van der Waals surface area contributed by atoms with E-state index in [1.54, 1.807) is 5.57 Å². The molecule has 2 aliphatic rings. The molecule has 0 amide bonds. The fraction of sp³-hybridized carbons (Fsp3) is 0.556. The van der Waals surface area contributed by atoms with Gasteiger partial charge in [-0.2, -0.15) is 0 Å². The van der Waals surface area contributed by atoms with Gasteiger partial charge < -0.3 is 5.32 Å². The first-order chi connectivity index (χ1) is 9.83.